The second-order valence-corrected chi connectivity index (χ2v) is 3.55. The Morgan fingerprint density at radius 1 is 1.38 bits per heavy atom. The van der Waals surface area contributed by atoms with Gasteiger partial charge >= 0.3 is 0 Å². The monoisotopic (exact) mass is 217 g/mol. The molecule has 0 N–H and O–H groups in total. The van der Waals surface area contributed by atoms with Crippen molar-refractivity contribution < 1.29 is 4.92 Å². The molecule has 1 aromatic heterocycles. The Bertz CT molecular complexity index is 502. The Morgan fingerprint density at radius 2 is 2.06 bits per heavy atom. The zero-order valence-electron chi connectivity index (χ0n) is 8.83. The lowest BCUT2D eigenvalue weighted by Crippen LogP contribution is -1.98. The summed E-state index contributed by atoms with van der Waals surface area (Å²) >= 11 is 0. The van der Waals surface area contributed by atoms with Crippen LogP contribution in [0.3, 0.4) is 0 Å². The van der Waals surface area contributed by atoms with E-state index in [1.54, 1.807) is 18.3 Å². The van der Waals surface area contributed by atoms with E-state index in [1.165, 1.54) is 12.1 Å². The molecule has 0 saturated heterocycles. The van der Waals surface area contributed by atoms with Crippen molar-refractivity contribution in [3.63, 3.8) is 0 Å². The number of nitrogens with zero attached hydrogens (tertiary/aromatic N) is 3. The van der Waals surface area contributed by atoms with E-state index in [0.29, 0.717) is 6.42 Å². The lowest BCUT2D eigenvalue weighted by atomic mass is 10.1. The number of aromatic nitrogens is 2. The Labute approximate surface area is 92.5 Å². The normalized spacial score (nSPS) is 10.3. The highest BCUT2D eigenvalue weighted by atomic mass is 16.6. The van der Waals surface area contributed by atoms with Gasteiger partial charge in [-0.3, -0.25) is 10.1 Å². The first-order valence-corrected chi connectivity index (χ1v) is 4.86. The van der Waals surface area contributed by atoms with Crippen LogP contribution < -0.4 is 0 Å². The molecule has 0 aliphatic rings. The fraction of sp³-hybridized carbons (Fsp3) is 0.182. The molecule has 0 amide bonds. The molecule has 1 aromatic carbocycles. The predicted octanol–water partition coefficient (Wildman–Crippen LogP) is 1.92. The Balaban J connectivity index is 2.17. The second-order valence-electron chi connectivity index (χ2n) is 3.55. The third-order valence-corrected chi connectivity index (χ3v) is 2.43. The number of nitro benzene ring substituents is 1. The van der Waals surface area contributed by atoms with Crippen LogP contribution in [0.15, 0.2) is 36.7 Å². The van der Waals surface area contributed by atoms with E-state index in [9.17, 15) is 10.1 Å². The van der Waals surface area contributed by atoms with Crippen LogP contribution in [-0.2, 0) is 13.5 Å². The summed E-state index contributed by atoms with van der Waals surface area (Å²) in [4.78, 5) is 14.3. The summed E-state index contributed by atoms with van der Waals surface area (Å²) in [6.07, 6.45) is 4.29. The first kappa shape index (κ1) is 10.4. The SMILES string of the molecule is Cn1ccnc1Cc1ccc([N+](=O)[O-])cc1. The molecule has 0 saturated carbocycles. The van der Waals surface area contributed by atoms with Gasteiger partial charge in [0.2, 0.25) is 0 Å². The molecule has 1 heterocycles. The van der Waals surface area contributed by atoms with Gasteiger partial charge in [-0.05, 0) is 5.56 Å². The maximum Gasteiger partial charge on any atom is 0.269 e. The molecular weight excluding hydrogens is 206 g/mol. The number of rotatable bonds is 3. The smallest absolute Gasteiger partial charge is 0.269 e. The van der Waals surface area contributed by atoms with Crippen LogP contribution >= 0.6 is 0 Å². The number of aryl methyl sites for hydroxylation is 1. The number of non-ortho nitro benzene ring substituents is 1. The molecule has 82 valence electrons. The maximum atomic E-state index is 10.5. The van der Waals surface area contributed by atoms with E-state index >= 15 is 0 Å². The van der Waals surface area contributed by atoms with Crippen LogP contribution in [0.4, 0.5) is 5.69 Å². The number of benzene rings is 1. The van der Waals surface area contributed by atoms with E-state index in [4.69, 9.17) is 0 Å². The van der Waals surface area contributed by atoms with Crippen LogP contribution in [0.5, 0.6) is 0 Å². The molecule has 16 heavy (non-hydrogen) atoms. The molecule has 5 heteroatoms. The van der Waals surface area contributed by atoms with Gasteiger partial charge in [0, 0.05) is 38.0 Å². The zero-order valence-corrected chi connectivity index (χ0v) is 8.83. The minimum absolute atomic E-state index is 0.114. The largest absolute Gasteiger partial charge is 0.338 e. The fourth-order valence-electron chi connectivity index (χ4n) is 1.48. The Hall–Kier alpha value is -2.17. The van der Waals surface area contributed by atoms with Crippen molar-refractivity contribution in [2.45, 2.75) is 6.42 Å². The van der Waals surface area contributed by atoms with Crippen molar-refractivity contribution in [2.75, 3.05) is 0 Å². The first-order valence-electron chi connectivity index (χ1n) is 4.86. The van der Waals surface area contributed by atoms with Gasteiger partial charge in [0.25, 0.3) is 5.69 Å². The van der Waals surface area contributed by atoms with Gasteiger partial charge < -0.3 is 4.57 Å². The standard InChI is InChI=1S/C11H11N3O2/c1-13-7-6-12-11(13)8-9-2-4-10(5-3-9)14(15)16/h2-7H,8H2,1H3. The van der Waals surface area contributed by atoms with E-state index in [0.717, 1.165) is 11.4 Å². The number of nitro groups is 1. The van der Waals surface area contributed by atoms with Crippen molar-refractivity contribution in [1.29, 1.82) is 0 Å². The lowest BCUT2D eigenvalue weighted by molar-refractivity contribution is -0.384. The van der Waals surface area contributed by atoms with Crippen molar-refractivity contribution in [1.82, 2.24) is 9.55 Å². The average Bonchev–Trinajstić information content (AvgIpc) is 2.65. The van der Waals surface area contributed by atoms with Crippen molar-refractivity contribution >= 4 is 5.69 Å². The van der Waals surface area contributed by atoms with E-state index in [1.807, 2.05) is 17.8 Å². The molecule has 0 radical (unpaired) electrons. The fourth-order valence-corrected chi connectivity index (χ4v) is 1.48. The summed E-state index contributed by atoms with van der Waals surface area (Å²) in [7, 11) is 1.92. The number of hydrogen-bond acceptors (Lipinski definition) is 3. The molecule has 0 fully saturated rings. The predicted molar refractivity (Wildman–Crippen MR) is 59.1 cm³/mol. The summed E-state index contributed by atoms with van der Waals surface area (Å²) in [5.74, 6) is 0.939. The molecule has 0 aliphatic carbocycles. The van der Waals surface area contributed by atoms with Crippen LogP contribution in [-0.4, -0.2) is 14.5 Å². The van der Waals surface area contributed by atoms with Crippen molar-refractivity contribution in [2.24, 2.45) is 7.05 Å². The lowest BCUT2D eigenvalue weighted by Gasteiger charge is -2.01. The van der Waals surface area contributed by atoms with Gasteiger partial charge in [0.1, 0.15) is 5.82 Å². The summed E-state index contributed by atoms with van der Waals surface area (Å²) < 4.78 is 1.93. The zero-order chi connectivity index (χ0) is 11.5. The summed E-state index contributed by atoms with van der Waals surface area (Å²) in [6, 6.07) is 6.54. The average molecular weight is 217 g/mol. The Morgan fingerprint density at radius 3 is 2.56 bits per heavy atom. The molecular formula is C11H11N3O2. The minimum Gasteiger partial charge on any atom is -0.338 e. The third kappa shape index (κ3) is 2.08. The van der Waals surface area contributed by atoms with Crippen LogP contribution in [0, 0.1) is 10.1 Å². The van der Waals surface area contributed by atoms with E-state index < -0.39 is 4.92 Å². The Kier molecular flexibility index (Phi) is 2.68. The van der Waals surface area contributed by atoms with Gasteiger partial charge in [-0.15, -0.1) is 0 Å². The third-order valence-electron chi connectivity index (χ3n) is 2.43. The molecule has 5 nitrogen and oxygen atoms in total. The number of imidazole rings is 1. The van der Waals surface area contributed by atoms with Crippen molar-refractivity contribution in [3.05, 3.63) is 58.2 Å². The summed E-state index contributed by atoms with van der Waals surface area (Å²) in [5.41, 5.74) is 1.13. The van der Waals surface area contributed by atoms with Crippen molar-refractivity contribution in [3.8, 4) is 0 Å². The molecule has 0 unspecified atom stereocenters. The van der Waals surface area contributed by atoms with Crippen LogP contribution in [0.2, 0.25) is 0 Å². The highest BCUT2D eigenvalue weighted by Crippen LogP contribution is 2.14. The van der Waals surface area contributed by atoms with Crippen LogP contribution in [0.25, 0.3) is 0 Å². The topological polar surface area (TPSA) is 61.0 Å². The van der Waals surface area contributed by atoms with Gasteiger partial charge in [0.05, 0.1) is 4.92 Å². The highest BCUT2D eigenvalue weighted by Gasteiger charge is 2.05. The molecule has 0 aliphatic heterocycles. The quantitative estimate of drug-likeness (QED) is 0.582. The van der Waals surface area contributed by atoms with Crippen LogP contribution in [0.1, 0.15) is 11.4 Å². The maximum absolute atomic E-state index is 10.5. The molecule has 0 bridgehead atoms. The summed E-state index contributed by atoms with van der Waals surface area (Å²) in [6.45, 7) is 0. The molecule has 2 aromatic rings. The van der Waals surface area contributed by atoms with E-state index in [-0.39, 0.29) is 5.69 Å². The minimum atomic E-state index is -0.398. The van der Waals surface area contributed by atoms with Gasteiger partial charge in [0.15, 0.2) is 0 Å². The highest BCUT2D eigenvalue weighted by molar-refractivity contribution is 5.33. The molecule has 2 rings (SSSR count). The number of hydrogen-bond donors (Lipinski definition) is 0. The van der Waals surface area contributed by atoms with Gasteiger partial charge in [-0.2, -0.15) is 0 Å². The molecule has 0 spiro atoms. The van der Waals surface area contributed by atoms with Gasteiger partial charge in [-0.25, -0.2) is 4.98 Å². The van der Waals surface area contributed by atoms with Gasteiger partial charge in [-0.1, -0.05) is 12.1 Å². The second kappa shape index (κ2) is 4.14. The molecule has 0 atom stereocenters. The van der Waals surface area contributed by atoms with E-state index in [2.05, 4.69) is 4.98 Å². The first-order chi connectivity index (χ1) is 7.66. The summed E-state index contributed by atoms with van der Waals surface area (Å²) in [5, 5.41) is 10.5.